The summed E-state index contributed by atoms with van der Waals surface area (Å²) in [4.78, 5) is 25.9. The van der Waals surface area contributed by atoms with E-state index in [-0.39, 0.29) is 24.9 Å². The maximum atomic E-state index is 13.1. The summed E-state index contributed by atoms with van der Waals surface area (Å²) in [5.41, 5.74) is 0. The minimum Gasteiger partial charge on any atom is -0.462 e. The zero-order chi connectivity index (χ0) is 38.9. The van der Waals surface area contributed by atoms with Crippen LogP contribution in [0.5, 0.6) is 0 Å². The SMILES string of the molecule is CCCC/C=C\CCCCCC(CC(=O)NC(CO)C(O)CCCCCCCCCCCC)OC(=O)CCCCCCCCC/C=C\CCCCCC. The van der Waals surface area contributed by atoms with Crippen molar-refractivity contribution >= 4 is 11.9 Å². The number of allylic oxidation sites excluding steroid dienone is 4. The highest BCUT2D eigenvalue weighted by Gasteiger charge is 2.24. The van der Waals surface area contributed by atoms with Gasteiger partial charge in [0.15, 0.2) is 0 Å². The van der Waals surface area contributed by atoms with Crippen LogP contribution in [0.25, 0.3) is 0 Å². The lowest BCUT2D eigenvalue weighted by molar-refractivity contribution is -0.151. The molecule has 0 aliphatic rings. The molecule has 0 aliphatic carbocycles. The van der Waals surface area contributed by atoms with Crippen molar-refractivity contribution in [1.29, 1.82) is 0 Å². The standard InChI is InChI=1S/C47H89NO5/c1-4-7-10-13-16-19-21-22-23-24-25-28-31-34-37-40-47(52)53-43(38-35-32-29-26-18-15-12-9-6-3)41-46(51)48-44(42-49)45(50)39-36-33-30-27-20-17-14-11-8-5-2/h15,18-19,21,43-45,49-50H,4-14,16-17,20,22-42H2,1-3H3,(H,48,51)/b18-15-,21-19-. The Morgan fingerprint density at radius 2 is 0.925 bits per heavy atom. The lowest BCUT2D eigenvalue weighted by Gasteiger charge is -2.24. The molecule has 0 aromatic carbocycles. The van der Waals surface area contributed by atoms with Gasteiger partial charge < -0.3 is 20.3 Å². The predicted octanol–water partition coefficient (Wildman–Crippen LogP) is 13.2. The second kappa shape index (κ2) is 41.5. The van der Waals surface area contributed by atoms with Gasteiger partial charge in [0.2, 0.25) is 5.91 Å². The third-order valence-electron chi connectivity index (χ3n) is 10.5. The molecule has 0 aliphatic heterocycles. The van der Waals surface area contributed by atoms with E-state index in [1.165, 1.54) is 122 Å². The molecule has 0 bridgehead atoms. The van der Waals surface area contributed by atoms with Crippen molar-refractivity contribution in [3.05, 3.63) is 24.3 Å². The number of carbonyl (C=O) groups excluding carboxylic acids is 2. The Hall–Kier alpha value is -1.66. The summed E-state index contributed by atoms with van der Waals surface area (Å²) in [5.74, 6) is -0.492. The van der Waals surface area contributed by atoms with Gasteiger partial charge in [-0.1, -0.05) is 180 Å². The molecule has 0 saturated heterocycles. The van der Waals surface area contributed by atoms with E-state index in [2.05, 4.69) is 50.4 Å². The fraction of sp³-hybridized carbons (Fsp3) is 0.872. The molecule has 0 rings (SSSR count). The van der Waals surface area contributed by atoms with Gasteiger partial charge >= 0.3 is 5.97 Å². The second-order valence-electron chi connectivity index (χ2n) is 15.8. The number of ether oxygens (including phenoxy) is 1. The van der Waals surface area contributed by atoms with Gasteiger partial charge in [-0.3, -0.25) is 9.59 Å². The molecule has 0 aromatic heterocycles. The van der Waals surface area contributed by atoms with Gasteiger partial charge in [0, 0.05) is 6.42 Å². The van der Waals surface area contributed by atoms with Crippen LogP contribution in [0.2, 0.25) is 0 Å². The molecule has 3 unspecified atom stereocenters. The zero-order valence-electron chi connectivity index (χ0n) is 35.4. The van der Waals surface area contributed by atoms with Crippen molar-refractivity contribution < 1.29 is 24.5 Å². The van der Waals surface area contributed by atoms with Gasteiger partial charge in [-0.25, -0.2) is 0 Å². The van der Waals surface area contributed by atoms with Gasteiger partial charge in [-0.05, 0) is 70.6 Å². The molecule has 0 radical (unpaired) electrons. The summed E-state index contributed by atoms with van der Waals surface area (Å²) in [7, 11) is 0. The third kappa shape index (κ3) is 37.1. The summed E-state index contributed by atoms with van der Waals surface area (Å²) >= 11 is 0. The van der Waals surface area contributed by atoms with Crippen molar-refractivity contribution in [2.75, 3.05) is 6.61 Å². The summed E-state index contributed by atoms with van der Waals surface area (Å²) in [6.07, 6.45) is 45.3. The number of carbonyl (C=O) groups is 2. The van der Waals surface area contributed by atoms with E-state index < -0.39 is 18.2 Å². The monoisotopic (exact) mass is 748 g/mol. The summed E-state index contributed by atoms with van der Waals surface area (Å²) < 4.78 is 5.88. The fourth-order valence-corrected chi connectivity index (χ4v) is 6.93. The van der Waals surface area contributed by atoms with E-state index in [0.29, 0.717) is 19.3 Å². The summed E-state index contributed by atoms with van der Waals surface area (Å²) in [5, 5.41) is 23.6. The van der Waals surface area contributed by atoms with Crippen LogP contribution in [0.1, 0.15) is 239 Å². The van der Waals surface area contributed by atoms with Gasteiger partial charge in [0.25, 0.3) is 0 Å². The highest BCUT2D eigenvalue weighted by atomic mass is 16.5. The van der Waals surface area contributed by atoms with Gasteiger partial charge in [-0.2, -0.15) is 0 Å². The molecule has 312 valence electrons. The number of hydrogen-bond donors (Lipinski definition) is 3. The first-order chi connectivity index (χ1) is 26.0. The lowest BCUT2D eigenvalue weighted by atomic mass is 10.0. The molecule has 3 N–H and O–H groups in total. The molecule has 53 heavy (non-hydrogen) atoms. The second-order valence-corrected chi connectivity index (χ2v) is 15.8. The molecule has 6 heteroatoms. The number of nitrogens with one attached hydrogen (secondary N) is 1. The van der Waals surface area contributed by atoms with Gasteiger partial charge in [0.1, 0.15) is 6.10 Å². The molecule has 3 atom stereocenters. The number of esters is 1. The highest BCUT2D eigenvalue weighted by Crippen LogP contribution is 2.17. The lowest BCUT2D eigenvalue weighted by Crippen LogP contribution is -2.46. The number of aliphatic hydroxyl groups excluding tert-OH is 2. The topological polar surface area (TPSA) is 95.9 Å². The Balaban J connectivity index is 4.51. The van der Waals surface area contributed by atoms with Crippen LogP contribution in [0, 0.1) is 0 Å². The average molecular weight is 748 g/mol. The van der Waals surface area contributed by atoms with Gasteiger partial charge in [-0.15, -0.1) is 0 Å². The van der Waals surface area contributed by atoms with Crippen molar-refractivity contribution in [2.45, 2.75) is 257 Å². The van der Waals surface area contributed by atoms with Crippen molar-refractivity contribution in [3.8, 4) is 0 Å². The van der Waals surface area contributed by atoms with Crippen LogP contribution < -0.4 is 5.32 Å². The Bertz CT molecular complexity index is 843. The third-order valence-corrected chi connectivity index (χ3v) is 10.5. The van der Waals surface area contributed by atoms with Crippen LogP contribution in [0.15, 0.2) is 24.3 Å². The Kier molecular flexibility index (Phi) is 40.2. The van der Waals surface area contributed by atoms with Gasteiger partial charge in [0.05, 0.1) is 25.2 Å². The summed E-state index contributed by atoms with van der Waals surface area (Å²) in [6, 6.07) is -0.700. The van der Waals surface area contributed by atoms with Crippen LogP contribution in [0.3, 0.4) is 0 Å². The van der Waals surface area contributed by atoms with Crippen molar-refractivity contribution in [3.63, 3.8) is 0 Å². The number of unbranched alkanes of at least 4 members (excludes halogenated alkanes) is 25. The molecule has 0 fully saturated rings. The van der Waals surface area contributed by atoms with E-state index in [1.807, 2.05) is 0 Å². The minimum atomic E-state index is -0.786. The average Bonchev–Trinajstić information content (AvgIpc) is 3.15. The van der Waals surface area contributed by atoms with E-state index in [9.17, 15) is 19.8 Å². The fourth-order valence-electron chi connectivity index (χ4n) is 6.93. The largest absolute Gasteiger partial charge is 0.462 e. The maximum Gasteiger partial charge on any atom is 0.306 e. The molecular formula is C47H89NO5. The molecule has 0 heterocycles. The first kappa shape index (κ1) is 51.3. The van der Waals surface area contributed by atoms with E-state index in [4.69, 9.17) is 4.74 Å². The van der Waals surface area contributed by atoms with E-state index in [1.54, 1.807) is 0 Å². The molecule has 0 spiro atoms. The normalized spacial score (nSPS) is 13.5. The molecule has 6 nitrogen and oxygen atoms in total. The maximum absolute atomic E-state index is 13.1. The van der Waals surface area contributed by atoms with E-state index >= 15 is 0 Å². The smallest absolute Gasteiger partial charge is 0.306 e. The zero-order valence-corrected chi connectivity index (χ0v) is 35.4. The number of hydrogen-bond acceptors (Lipinski definition) is 5. The Morgan fingerprint density at radius 3 is 1.43 bits per heavy atom. The van der Waals surface area contributed by atoms with Crippen LogP contribution >= 0.6 is 0 Å². The number of amides is 1. The van der Waals surface area contributed by atoms with Crippen LogP contribution in [-0.2, 0) is 14.3 Å². The van der Waals surface area contributed by atoms with Crippen LogP contribution in [-0.4, -0.2) is 46.9 Å². The summed E-state index contributed by atoms with van der Waals surface area (Å²) in [6.45, 7) is 6.40. The number of aliphatic hydroxyl groups is 2. The quantitative estimate of drug-likeness (QED) is 0.0329. The first-order valence-electron chi connectivity index (χ1n) is 23.1. The predicted molar refractivity (Wildman–Crippen MR) is 227 cm³/mol. The Morgan fingerprint density at radius 1 is 0.528 bits per heavy atom. The van der Waals surface area contributed by atoms with Crippen LogP contribution in [0.4, 0.5) is 0 Å². The van der Waals surface area contributed by atoms with Crippen molar-refractivity contribution in [2.24, 2.45) is 0 Å². The molecule has 0 aromatic rings. The first-order valence-corrected chi connectivity index (χ1v) is 23.1. The minimum absolute atomic E-state index is 0.0676. The highest BCUT2D eigenvalue weighted by molar-refractivity contribution is 5.77. The van der Waals surface area contributed by atoms with Crippen molar-refractivity contribution in [1.82, 2.24) is 5.32 Å². The molecular weight excluding hydrogens is 659 g/mol. The van der Waals surface area contributed by atoms with E-state index in [0.717, 1.165) is 70.6 Å². The molecule has 1 amide bonds. The number of rotatable bonds is 41. The molecule has 0 saturated carbocycles. The Labute approximate surface area is 329 Å².